The highest BCUT2D eigenvalue weighted by Gasteiger charge is 2.24. The number of fused-ring (bicyclic) bond motifs is 1. The van der Waals surface area contributed by atoms with E-state index in [0.717, 1.165) is 9.35 Å². The van der Waals surface area contributed by atoms with Crippen molar-refractivity contribution < 1.29 is 9.72 Å². The molecule has 0 saturated heterocycles. The molecule has 1 aromatic heterocycles. The molecule has 1 aliphatic heterocycles. The van der Waals surface area contributed by atoms with E-state index >= 15 is 0 Å². The van der Waals surface area contributed by atoms with Crippen molar-refractivity contribution in [2.45, 2.75) is 13.0 Å². The molecule has 0 bridgehead atoms. The average molecular weight is 368 g/mol. The number of carbonyl (C=O) groups is 1. The second-order valence-corrected chi connectivity index (χ2v) is 6.41. The Kier molecular flexibility index (Phi) is 3.64. The number of amides is 1. The fourth-order valence-corrected chi connectivity index (χ4v) is 3.61. The van der Waals surface area contributed by atoms with Crippen molar-refractivity contribution in [2.75, 3.05) is 10.6 Å². The van der Waals surface area contributed by atoms with Gasteiger partial charge in [0.2, 0.25) is 5.91 Å². The third kappa shape index (κ3) is 2.77. The number of thiophene rings is 1. The third-order valence-electron chi connectivity index (χ3n) is 3.17. The highest BCUT2D eigenvalue weighted by molar-refractivity contribution is 9.10. The summed E-state index contributed by atoms with van der Waals surface area (Å²) in [7, 11) is 0. The molecule has 2 N–H and O–H groups in total. The summed E-state index contributed by atoms with van der Waals surface area (Å²) in [5.74, 6) is -0.141. The lowest BCUT2D eigenvalue weighted by molar-refractivity contribution is -0.384. The van der Waals surface area contributed by atoms with Crippen molar-refractivity contribution in [3.8, 4) is 0 Å². The smallest absolute Gasteiger partial charge is 0.292 e. The van der Waals surface area contributed by atoms with E-state index in [-0.39, 0.29) is 18.0 Å². The summed E-state index contributed by atoms with van der Waals surface area (Å²) in [5, 5.41) is 18.9. The largest absolute Gasteiger partial charge is 0.374 e. The van der Waals surface area contributed by atoms with Crippen molar-refractivity contribution in [2.24, 2.45) is 0 Å². The minimum absolute atomic E-state index is 0.0158. The van der Waals surface area contributed by atoms with Crippen LogP contribution in [0.15, 0.2) is 28.1 Å². The van der Waals surface area contributed by atoms with Gasteiger partial charge in [-0.2, -0.15) is 0 Å². The molecule has 1 aliphatic rings. The zero-order chi connectivity index (χ0) is 15.0. The minimum Gasteiger partial charge on any atom is -0.374 e. The molecule has 108 valence electrons. The maximum absolute atomic E-state index is 11.4. The highest BCUT2D eigenvalue weighted by atomic mass is 79.9. The number of carbonyl (C=O) groups excluding carboxylic acids is 1. The van der Waals surface area contributed by atoms with E-state index < -0.39 is 4.92 Å². The van der Waals surface area contributed by atoms with Gasteiger partial charge in [-0.05, 0) is 39.0 Å². The molecule has 0 unspecified atom stereocenters. The van der Waals surface area contributed by atoms with Crippen LogP contribution in [-0.2, 0) is 17.8 Å². The molecule has 0 saturated carbocycles. The molecule has 1 aromatic carbocycles. The zero-order valence-corrected chi connectivity index (χ0v) is 13.1. The molecule has 8 heteroatoms. The number of rotatable bonds is 4. The quantitative estimate of drug-likeness (QED) is 0.639. The summed E-state index contributed by atoms with van der Waals surface area (Å²) in [6.07, 6.45) is 0.187. The summed E-state index contributed by atoms with van der Waals surface area (Å²) in [6, 6.07) is 5.01. The first kappa shape index (κ1) is 14.0. The van der Waals surface area contributed by atoms with E-state index in [2.05, 4.69) is 26.6 Å². The van der Waals surface area contributed by atoms with Crippen molar-refractivity contribution in [3.63, 3.8) is 0 Å². The maximum atomic E-state index is 11.4. The van der Waals surface area contributed by atoms with Crippen LogP contribution in [0.1, 0.15) is 10.4 Å². The van der Waals surface area contributed by atoms with E-state index in [0.29, 0.717) is 23.5 Å². The molecule has 2 heterocycles. The van der Waals surface area contributed by atoms with Crippen molar-refractivity contribution >= 4 is 50.2 Å². The minimum atomic E-state index is -0.436. The second-order valence-electron chi connectivity index (χ2n) is 4.55. The van der Waals surface area contributed by atoms with Gasteiger partial charge < -0.3 is 10.6 Å². The van der Waals surface area contributed by atoms with Gasteiger partial charge in [0.25, 0.3) is 5.69 Å². The number of nitrogens with one attached hydrogen (secondary N) is 2. The number of benzene rings is 1. The lowest BCUT2D eigenvalue weighted by Gasteiger charge is -2.08. The van der Waals surface area contributed by atoms with Gasteiger partial charge in [0.15, 0.2) is 0 Å². The van der Waals surface area contributed by atoms with E-state index in [9.17, 15) is 14.9 Å². The molecule has 2 aromatic rings. The second kappa shape index (κ2) is 5.45. The van der Waals surface area contributed by atoms with Gasteiger partial charge >= 0.3 is 0 Å². The van der Waals surface area contributed by atoms with E-state index in [1.165, 1.54) is 6.07 Å². The molecule has 3 rings (SSSR count). The van der Waals surface area contributed by atoms with E-state index in [1.54, 1.807) is 17.4 Å². The number of halogens is 1. The lowest BCUT2D eigenvalue weighted by atomic mass is 10.1. The molecule has 21 heavy (non-hydrogen) atoms. The van der Waals surface area contributed by atoms with Crippen LogP contribution in [0.3, 0.4) is 0 Å². The summed E-state index contributed by atoms with van der Waals surface area (Å²) in [5.41, 5.74) is 1.69. The highest BCUT2D eigenvalue weighted by Crippen LogP contribution is 2.35. The molecule has 0 fully saturated rings. The molecule has 0 aliphatic carbocycles. The maximum Gasteiger partial charge on any atom is 0.292 e. The van der Waals surface area contributed by atoms with Gasteiger partial charge in [-0.15, -0.1) is 11.3 Å². The molecule has 0 radical (unpaired) electrons. The third-order valence-corrected chi connectivity index (χ3v) is 5.10. The standard InChI is InChI=1S/C13H10BrN3O3S/c14-8-1-2-21-12(8)6-15-10-5-9-7(4-13(18)16-9)3-11(10)17(19)20/h1-3,5,15H,4,6H2,(H,16,18). The molecule has 1 amide bonds. The topological polar surface area (TPSA) is 84.3 Å². The molecular weight excluding hydrogens is 358 g/mol. The first-order valence-electron chi connectivity index (χ1n) is 6.11. The van der Waals surface area contributed by atoms with E-state index in [1.807, 2.05) is 11.4 Å². The Morgan fingerprint density at radius 3 is 2.95 bits per heavy atom. The Bertz CT molecular complexity index is 744. The molecule has 0 spiro atoms. The van der Waals surface area contributed by atoms with Gasteiger partial charge in [0.05, 0.1) is 17.9 Å². The van der Waals surface area contributed by atoms with Gasteiger partial charge in [0.1, 0.15) is 5.69 Å². The van der Waals surface area contributed by atoms with Gasteiger partial charge in [0, 0.05) is 21.1 Å². The Morgan fingerprint density at radius 2 is 2.29 bits per heavy atom. The van der Waals surface area contributed by atoms with Crippen molar-refractivity contribution in [3.05, 3.63) is 48.6 Å². The first-order valence-corrected chi connectivity index (χ1v) is 7.79. The predicted octanol–water partition coefficient (Wildman–Crippen LogP) is 3.53. The van der Waals surface area contributed by atoms with Crippen LogP contribution in [0.5, 0.6) is 0 Å². The summed E-state index contributed by atoms with van der Waals surface area (Å²) >= 11 is 4.98. The van der Waals surface area contributed by atoms with Gasteiger partial charge in [-0.3, -0.25) is 14.9 Å². The molecule has 0 atom stereocenters. The summed E-state index contributed by atoms with van der Waals surface area (Å²) in [4.78, 5) is 23.2. The number of nitro benzene ring substituents is 1. The monoisotopic (exact) mass is 367 g/mol. The average Bonchev–Trinajstić information content (AvgIpc) is 2.99. The Balaban J connectivity index is 1.90. The number of nitro groups is 1. The summed E-state index contributed by atoms with van der Waals surface area (Å²) in [6.45, 7) is 0.478. The number of hydrogen-bond acceptors (Lipinski definition) is 5. The first-order chi connectivity index (χ1) is 10.0. The Morgan fingerprint density at radius 1 is 1.48 bits per heavy atom. The van der Waals surface area contributed by atoms with Crippen LogP contribution < -0.4 is 10.6 Å². The van der Waals surface area contributed by atoms with E-state index in [4.69, 9.17) is 0 Å². The van der Waals surface area contributed by atoms with Crippen LogP contribution in [0.4, 0.5) is 17.1 Å². The number of hydrogen-bond donors (Lipinski definition) is 2. The number of anilines is 2. The normalized spacial score (nSPS) is 12.9. The summed E-state index contributed by atoms with van der Waals surface area (Å²) < 4.78 is 0.970. The van der Waals surface area contributed by atoms with Crippen LogP contribution in [0.25, 0.3) is 0 Å². The fraction of sp³-hybridized carbons (Fsp3) is 0.154. The van der Waals surface area contributed by atoms with Crippen LogP contribution in [-0.4, -0.2) is 10.8 Å². The van der Waals surface area contributed by atoms with Crippen LogP contribution >= 0.6 is 27.3 Å². The lowest BCUT2D eigenvalue weighted by Crippen LogP contribution is -2.04. The van der Waals surface area contributed by atoms with Gasteiger partial charge in [-0.25, -0.2) is 0 Å². The Hall–Kier alpha value is -1.93. The zero-order valence-electron chi connectivity index (χ0n) is 10.7. The van der Waals surface area contributed by atoms with Crippen LogP contribution in [0, 0.1) is 10.1 Å². The SMILES string of the molecule is O=C1Cc2cc([N+](=O)[O-])c(NCc3sccc3Br)cc2N1. The van der Waals surface area contributed by atoms with Crippen molar-refractivity contribution in [1.29, 1.82) is 0 Å². The predicted molar refractivity (Wildman–Crippen MR) is 84.8 cm³/mol. The van der Waals surface area contributed by atoms with Crippen molar-refractivity contribution in [1.82, 2.24) is 0 Å². The fourth-order valence-electron chi connectivity index (χ4n) is 2.18. The van der Waals surface area contributed by atoms with Crippen LogP contribution in [0.2, 0.25) is 0 Å². The molecular formula is C13H10BrN3O3S. The number of nitrogens with zero attached hydrogens (tertiary/aromatic N) is 1. The molecule has 6 nitrogen and oxygen atoms in total. The Labute approximate surface area is 132 Å². The van der Waals surface area contributed by atoms with Gasteiger partial charge in [-0.1, -0.05) is 0 Å².